The van der Waals surface area contributed by atoms with Crippen molar-refractivity contribution >= 4 is 11.4 Å². The summed E-state index contributed by atoms with van der Waals surface area (Å²) in [6.07, 6.45) is -3.07. The van der Waals surface area contributed by atoms with Crippen LogP contribution in [0.5, 0.6) is 0 Å². The average Bonchev–Trinajstić information content (AvgIpc) is 3.10. The first kappa shape index (κ1) is 21.2. The number of fused-ring (bicyclic) bond motifs is 1. The zero-order valence-electron chi connectivity index (χ0n) is 16.8. The fourth-order valence-electron chi connectivity index (χ4n) is 4.00. The summed E-state index contributed by atoms with van der Waals surface area (Å²) in [6, 6.07) is 3.45. The molecule has 2 N–H and O–H groups in total. The van der Waals surface area contributed by atoms with Gasteiger partial charge in [-0.3, -0.25) is 9.80 Å². The Morgan fingerprint density at radius 3 is 2.58 bits per heavy atom. The molecule has 1 aliphatic heterocycles. The second kappa shape index (κ2) is 6.99. The number of benzene rings is 1. The number of hydrogen-bond donors (Lipinski definition) is 1. The first-order valence-corrected chi connectivity index (χ1v) is 9.37. The van der Waals surface area contributed by atoms with Gasteiger partial charge in [0.25, 0.3) is 5.91 Å². The lowest BCUT2D eigenvalue weighted by Crippen LogP contribution is -2.60. The molecule has 7 nitrogen and oxygen atoms in total. The number of morpholine rings is 1. The molecular formula is C20H19F4N5O2. The van der Waals surface area contributed by atoms with Gasteiger partial charge in [0, 0.05) is 11.1 Å². The molecular weight excluding hydrogens is 418 g/mol. The minimum absolute atomic E-state index is 0.108. The largest absolute Gasteiger partial charge is 0.417 e. The van der Waals surface area contributed by atoms with Crippen LogP contribution in [0.25, 0.3) is 16.8 Å². The maximum Gasteiger partial charge on any atom is 0.417 e. The third-order valence-corrected chi connectivity index (χ3v) is 5.35. The summed E-state index contributed by atoms with van der Waals surface area (Å²) in [5.41, 5.74) is -3.02. The van der Waals surface area contributed by atoms with Crippen LogP contribution in [-0.4, -0.2) is 37.2 Å². The van der Waals surface area contributed by atoms with Crippen molar-refractivity contribution in [2.45, 2.75) is 44.7 Å². The van der Waals surface area contributed by atoms with Gasteiger partial charge in [-0.2, -0.15) is 18.3 Å². The molecule has 0 bridgehead atoms. The minimum Gasteiger partial charge on any atom is -0.360 e. The lowest BCUT2D eigenvalue weighted by atomic mass is 9.91. The molecule has 0 radical (unpaired) electrons. The van der Waals surface area contributed by atoms with E-state index in [4.69, 9.17) is 10.6 Å². The van der Waals surface area contributed by atoms with Gasteiger partial charge in [0.05, 0.1) is 29.1 Å². The Hall–Kier alpha value is -3.05. The highest BCUT2D eigenvalue weighted by Crippen LogP contribution is 2.43. The normalized spacial score (nSPS) is 21.7. The summed E-state index contributed by atoms with van der Waals surface area (Å²) in [5.74, 6) is 4.19. The molecule has 1 fully saturated rings. The molecule has 0 saturated carbocycles. The van der Waals surface area contributed by atoms with Crippen molar-refractivity contribution in [2.24, 2.45) is 5.84 Å². The van der Waals surface area contributed by atoms with Crippen molar-refractivity contribution in [1.29, 1.82) is 0 Å². The lowest BCUT2D eigenvalue weighted by molar-refractivity contribution is -0.190. The van der Waals surface area contributed by atoms with Crippen LogP contribution in [0.4, 0.5) is 17.6 Å². The fourth-order valence-corrected chi connectivity index (χ4v) is 4.00. The molecule has 1 aliphatic rings. The molecule has 3 heterocycles. The van der Waals surface area contributed by atoms with Gasteiger partial charge < -0.3 is 4.74 Å². The summed E-state index contributed by atoms with van der Waals surface area (Å²) in [4.78, 5) is 16.4. The topological polar surface area (TPSA) is 85.8 Å². The predicted molar refractivity (Wildman–Crippen MR) is 102 cm³/mol. The molecule has 11 heteroatoms. The Labute approximate surface area is 174 Å². The summed E-state index contributed by atoms with van der Waals surface area (Å²) < 4.78 is 64.0. The smallest absolute Gasteiger partial charge is 0.360 e. The van der Waals surface area contributed by atoms with Gasteiger partial charge in [-0.1, -0.05) is 6.07 Å². The number of aromatic nitrogens is 3. The van der Waals surface area contributed by atoms with E-state index in [0.717, 1.165) is 23.5 Å². The lowest BCUT2D eigenvalue weighted by Gasteiger charge is -2.44. The predicted octanol–water partition coefficient (Wildman–Crippen LogP) is 3.49. The van der Waals surface area contributed by atoms with Crippen LogP contribution in [-0.2, 0) is 15.7 Å². The third kappa shape index (κ3) is 3.33. The number of hydrogen-bond acceptors (Lipinski definition) is 5. The van der Waals surface area contributed by atoms with Crippen molar-refractivity contribution in [2.75, 3.05) is 0 Å². The molecule has 31 heavy (non-hydrogen) atoms. The summed E-state index contributed by atoms with van der Waals surface area (Å²) in [5, 5.41) is 4.76. The number of rotatable bonds is 2. The van der Waals surface area contributed by atoms with Gasteiger partial charge >= 0.3 is 6.18 Å². The second-order valence-corrected chi connectivity index (χ2v) is 7.84. The quantitative estimate of drug-likeness (QED) is 0.377. The number of alkyl halides is 3. The molecule has 1 aromatic carbocycles. The second-order valence-electron chi connectivity index (χ2n) is 7.84. The molecule has 1 amide bonds. The molecule has 3 aromatic rings. The zero-order valence-corrected chi connectivity index (χ0v) is 16.8. The van der Waals surface area contributed by atoms with E-state index < -0.39 is 46.8 Å². The number of ether oxygens (including phenoxy) is 1. The van der Waals surface area contributed by atoms with E-state index in [1.165, 1.54) is 36.7 Å². The van der Waals surface area contributed by atoms with Gasteiger partial charge in [0.15, 0.2) is 0 Å². The van der Waals surface area contributed by atoms with E-state index >= 15 is 4.39 Å². The standard InChI is InChI=1S/C20H19F4N5O2/c1-10-17(28(25)18(30)19(2,3)31-10)12-5-6-13(20(22,23)24)15(16(12)21)14-7-4-11-8-26-9-27-29(11)14/h4-10,17H,25H2,1-3H3. The van der Waals surface area contributed by atoms with Crippen LogP contribution in [0.15, 0.2) is 36.8 Å². The minimum atomic E-state index is -4.83. The van der Waals surface area contributed by atoms with E-state index in [0.29, 0.717) is 5.52 Å². The van der Waals surface area contributed by atoms with Crippen LogP contribution >= 0.6 is 0 Å². The average molecular weight is 437 g/mol. The molecule has 4 rings (SSSR count). The van der Waals surface area contributed by atoms with Crippen LogP contribution in [0.1, 0.15) is 37.9 Å². The van der Waals surface area contributed by atoms with Gasteiger partial charge in [-0.25, -0.2) is 19.7 Å². The Morgan fingerprint density at radius 1 is 1.19 bits per heavy atom. The molecule has 0 aliphatic carbocycles. The van der Waals surface area contributed by atoms with E-state index in [1.54, 1.807) is 6.92 Å². The molecule has 0 spiro atoms. The van der Waals surface area contributed by atoms with Crippen LogP contribution in [0.2, 0.25) is 0 Å². The van der Waals surface area contributed by atoms with E-state index in [-0.39, 0.29) is 11.3 Å². The van der Waals surface area contributed by atoms with Crippen LogP contribution in [0, 0.1) is 5.82 Å². The van der Waals surface area contributed by atoms with E-state index in [9.17, 15) is 18.0 Å². The SMILES string of the molecule is CC1OC(C)(C)C(=O)N(N)C1c1ccc(C(F)(F)F)c(-c2ccc3cncnn23)c1F. The monoisotopic (exact) mass is 437 g/mol. The number of hydrazine groups is 1. The summed E-state index contributed by atoms with van der Waals surface area (Å²) >= 11 is 0. The number of nitrogens with zero attached hydrogens (tertiary/aromatic N) is 4. The Balaban J connectivity index is 1.95. The number of carbonyl (C=O) groups excluding carboxylic acids is 1. The van der Waals surface area contributed by atoms with Gasteiger partial charge in [-0.05, 0) is 39.0 Å². The highest BCUT2D eigenvalue weighted by atomic mass is 19.4. The molecule has 2 aromatic heterocycles. The maximum atomic E-state index is 15.8. The Bertz CT molecular complexity index is 1170. The molecule has 2 atom stereocenters. The van der Waals surface area contributed by atoms with Crippen molar-refractivity contribution in [3.8, 4) is 11.3 Å². The number of nitrogens with two attached hydrogens (primary N) is 1. The van der Waals surface area contributed by atoms with Crippen molar-refractivity contribution in [3.63, 3.8) is 0 Å². The van der Waals surface area contributed by atoms with Crippen LogP contribution in [0.3, 0.4) is 0 Å². The Morgan fingerprint density at radius 2 is 1.90 bits per heavy atom. The first-order chi connectivity index (χ1) is 14.4. The van der Waals surface area contributed by atoms with E-state index in [2.05, 4.69) is 10.1 Å². The number of carbonyl (C=O) groups is 1. The van der Waals surface area contributed by atoms with Gasteiger partial charge in [-0.15, -0.1) is 0 Å². The van der Waals surface area contributed by atoms with E-state index in [1.807, 2.05) is 0 Å². The fraction of sp³-hybridized carbons (Fsp3) is 0.350. The number of amides is 1. The zero-order chi connectivity index (χ0) is 22.7. The highest BCUT2D eigenvalue weighted by molar-refractivity contribution is 5.85. The first-order valence-electron chi connectivity index (χ1n) is 9.37. The van der Waals surface area contributed by atoms with Crippen molar-refractivity contribution < 1.29 is 27.1 Å². The number of halogens is 4. The van der Waals surface area contributed by atoms with Crippen LogP contribution < -0.4 is 5.84 Å². The Kier molecular flexibility index (Phi) is 4.78. The summed E-state index contributed by atoms with van der Waals surface area (Å²) in [7, 11) is 0. The van der Waals surface area contributed by atoms with Gasteiger partial charge in [0.1, 0.15) is 23.8 Å². The molecule has 1 saturated heterocycles. The summed E-state index contributed by atoms with van der Waals surface area (Å²) in [6.45, 7) is 4.61. The maximum absolute atomic E-state index is 15.8. The van der Waals surface area contributed by atoms with Crippen molar-refractivity contribution in [1.82, 2.24) is 19.6 Å². The highest BCUT2D eigenvalue weighted by Gasteiger charge is 2.47. The third-order valence-electron chi connectivity index (χ3n) is 5.35. The molecule has 2 unspecified atom stereocenters. The van der Waals surface area contributed by atoms with Crippen molar-refractivity contribution in [3.05, 3.63) is 53.7 Å². The van der Waals surface area contributed by atoms with Gasteiger partial charge in [0.2, 0.25) is 0 Å². The molecule has 164 valence electrons.